The molecule has 0 aliphatic carbocycles. The van der Waals surface area contributed by atoms with Gasteiger partial charge in [0, 0.05) is 37.3 Å². The fourth-order valence-corrected chi connectivity index (χ4v) is 4.41. The van der Waals surface area contributed by atoms with Crippen LogP contribution in [0.15, 0.2) is 41.2 Å². The number of carbonyl (C=O) groups excluding carboxylic acids is 1. The molecule has 3 aromatic rings. The fraction of sp³-hybridized carbons (Fsp3) is 0.346. The number of rotatable bonds is 6. The molecule has 8 nitrogen and oxygen atoms in total. The van der Waals surface area contributed by atoms with E-state index in [1.165, 1.54) is 0 Å². The Kier molecular flexibility index (Phi) is 6.58. The number of methoxy groups -OCH3 is 3. The largest absolute Gasteiger partial charge is 0.496 e. The van der Waals surface area contributed by atoms with Crippen LogP contribution in [0.2, 0.25) is 0 Å². The number of fused-ring (bicyclic) bond motifs is 1. The van der Waals surface area contributed by atoms with Crippen LogP contribution >= 0.6 is 0 Å². The second-order valence-electron chi connectivity index (χ2n) is 8.09. The third-order valence-electron chi connectivity index (χ3n) is 6.20. The number of amides is 1. The summed E-state index contributed by atoms with van der Waals surface area (Å²) >= 11 is 0. The van der Waals surface area contributed by atoms with Gasteiger partial charge in [-0.2, -0.15) is 0 Å². The van der Waals surface area contributed by atoms with Gasteiger partial charge in [-0.25, -0.2) is 4.98 Å². The second kappa shape index (κ2) is 9.59. The Morgan fingerprint density at radius 3 is 2.32 bits per heavy atom. The van der Waals surface area contributed by atoms with E-state index in [9.17, 15) is 9.59 Å². The molecule has 0 bridgehead atoms. The molecule has 0 spiro atoms. The minimum Gasteiger partial charge on any atom is -0.496 e. The van der Waals surface area contributed by atoms with Gasteiger partial charge < -0.3 is 23.7 Å². The first-order valence-electron chi connectivity index (χ1n) is 11.2. The van der Waals surface area contributed by atoms with Gasteiger partial charge >= 0.3 is 0 Å². The molecule has 2 aromatic carbocycles. The Hall–Kier alpha value is -3.81. The lowest BCUT2D eigenvalue weighted by Crippen LogP contribution is -2.34. The van der Waals surface area contributed by atoms with Crippen molar-refractivity contribution in [2.45, 2.75) is 26.8 Å². The first-order valence-corrected chi connectivity index (χ1v) is 11.2. The Morgan fingerprint density at radius 1 is 1.06 bits per heavy atom. The first kappa shape index (κ1) is 23.4. The minimum absolute atomic E-state index is 0.0698. The third kappa shape index (κ3) is 4.11. The quantitative estimate of drug-likeness (QED) is 0.555. The molecule has 1 aliphatic heterocycles. The Labute approximate surface area is 198 Å². The molecule has 178 valence electrons. The lowest BCUT2D eigenvalue weighted by atomic mass is 9.96. The van der Waals surface area contributed by atoms with Crippen LogP contribution in [0, 0.1) is 6.92 Å². The van der Waals surface area contributed by atoms with E-state index < -0.39 is 0 Å². The Morgan fingerprint density at radius 2 is 1.76 bits per heavy atom. The number of benzene rings is 2. The zero-order valence-corrected chi connectivity index (χ0v) is 20.2. The van der Waals surface area contributed by atoms with E-state index in [4.69, 9.17) is 14.2 Å². The van der Waals surface area contributed by atoms with Gasteiger partial charge in [0.15, 0.2) is 0 Å². The van der Waals surface area contributed by atoms with E-state index in [2.05, 4.69) is 4.98 Å². The Balaban J connectivity index is 1.62. The first-order chi connectivity index (χ1) is 16.4. The summed E-state index contributed by atoms with van der Waals surface area (Å²) in [7, 11) is 4.83. The zero-order valence-electron chi connectivity index (χ0n) is 20.2. The zero-order chi connectivity index (χ0) is 24.4. The van der Waals surface area contributed by atoms with Gasteiger partial charge in [-0.05, 0) is 44.0 Å². The van der Waals surface area contributed by atoms with Gasteiger partial charge in [-0.1, -0.05) is 6.08 Å². The lowest BCUT2D eigenvalue weighted by molar-refractivity contribution is 0.0773. The molecule has 0 radical (unpaired) electrons. The van der Waals surface area contributed by atoms with Crippen molar-refractivity contribution in [1.82, 2.24) is 14.5 Å². The summed E-state index contributed by atoms with van der Waals surface area (Å²) in [6.07, 6.45) is 2.69. The summed E-state index contributed by atoms with van der Waals surface area (Å²) in [5, 5.41) is 0. The van der Waals surface area contributed by atoms with Gasteiger partial charge in [-0.15, -0.1) is 0 Å². The summed E-state index contributed by atoms with van der Waals surface area (Å²) in [6, 6.07) is 9.00. The number of ether oxygens (including phenoxy) is 3. The number of hydrogen-bond donors (Lipinski definition) is 0. The SMILES string of the molecule is CCn1c(=O)c(C)nc2cc(C(=O)N3CC=C(c4c(OC)cc(OC)cc4OC)CC3)ccc21. The lowest BCUT2D eigenvalue weighted by Gasteiger charge is -2.28. The normalized spacial score (nSPS) is 13.6. The van der Waals surface area contributed by atoms with Crippen molar-refractivity contribution in [1.29, 1.82) is 0 Å². The van der Waals surface area contributed by atoms with Crippen molar-refractivity contribution < 1.29 is 19.0 Å². The second-order valence-corrected chi connectivity index (χ2v) is 8.09. The molecule has 0 saturated carbocycles. The van der Waals surface area contributed by atoms with Crippen molar-refractivity contribution in [2.24, 2.45) is 0 Å². The van der Waals surface area contributed by atoms with Crippen LogP contribution in [-0.4, -0.2) is 54.8 Å². The molecule has 0 atom stereocenters. The van der Waals surface area contributed by atoms with E-state index in [-0.39, 0.29) is 11.5 Å². The number of aryl methyl sites for hydroxylation is 2. The molecule has 1 amide bonds. The van der Waals surface area contributed by atoms with E-state index in [0.29, 0.717) is 60.1 Å². The van der Waals surface area contributed by atoms with Crippen molar-refractivity contribution in [3.8, 4) is 17.2 Å². The molecule has 8 heteroatoms. The van der Waals surface area contributed by atoms with Gasteiger partial charge in [0.1, 0.15) is 22.9 Å². The summed E-state index contributed by atoms with van der Waals surface area (Å²) < 4.78 is 18.2. The van der Waals surface area contributed by atoms with E-state index in [1.54, 1.807) is 55.9 Å². The van der Waals surface area contributed by atoms with Crippen molar-refractivity contribution >= 4 is 22.5 Å². The molecular weight excluding hydrogens is 434 g/mol. The predicted molar refractivity (Wildman–Crippen MR) is 131 cm³/mol. The standard InChI is InChI=1S/C26H29N3O5/c1-6-29-21-8-7-18(13-20(21)27-16(2)25(29)30)26(31)28-11-9-17(10-12-28)24-22(33-4)14-19(32-3)15-23(24)34-5/h7-9,13-15H,6,10-12H2,1-5H3. The summed E-state index contributed by atoms with van der Waals surface area (Å²) in [4.78, 5) is 31.8. The summed E-state index contributed by atoms with van der Waals surface area (Å²) in [5.74, 6) is 1.92. The number of nitrogens with zero attached hydrogens (tertiary/aromatic N) is 3. The summed E-state index contributed by atoms with van der Waals surface area (Å²) in [6.45, 7) is 5.18. The van der Waals surface area contributed by atoms with E-state index >= 15 is 0 Å². The van der Waals surface area contributed by atoms with Gasteiger partial charge in [0.05, 0.1) is 37.9 Å². The molecule has 4 rings (SSSR count). The van der Waals surface area contributed by atoms with E-state index in [0.717, 1.165) is 16.7 Å². The highest BCUT2D eigenvalue weighted by molar-refractivity contribution is 5.98. The minimum atomic E-state index is -0.104. The number of aromatic nitrogens is 2. The molecule has 0 unspecified atom stereocenters. The topological polar surface area (TPSA) is 82.9 Å². The molecule has 1 aromatic heterocycles. The van der Waals surface area contributed by atoms with Crippen molar-refractivity contribution in [2.75, 3.05) is 34.4 Å². The van der Waals surface area contributed by atoms with Crippen LogP contribution < -0.4 is 19.8 Å². The highest BCUT2D eigenvalue weighted by atomic mass is 16.5. The van der Waals surface area contributed by atoms with E-state index in [1.807, 2.05) is 25.1 Å². The van der Waals surface area contributed by atoms with Crippen LogP contribution in [0.1, 0.15) is 35.0 Å². The highest BCUT2D eigenvalue weighted by Gasteiger charge is 2.24. The van der Waals surface area contributed by atoms with Gasteiger partial charge in [0.25, 0.3) is 11.5 Å². The molecule has 34 heavy (non-hydrogen) atoms. The maximum atomic E-state index is 13.3. The van der Waals surface area contributed by atoms with Crippen molar-refractivity contribution in [3.05, 3.63) is 63.6 Å². The highest BCUT2D eigenvalue weighted by Crippen LogP contribution is 2.41. The smallest absolute Gasteiger partial charge is 0.272 e. The fourth-order valence-electron chi connectivity index (χ4n) is 4.41. The van der Waals surface area contributed by atoms with Crippen LogP contribution in [-0.2, 0) is 6.54 Å². The summed E-state index contributed by atoms with van der Waals surface area (Å²) in [5.41, 5.74) is 4.18. The number of hydrogen-bond acceptors (Lipinski definition) is 6. The molecule has 0 N–H and O–H groups in total. The molecule has 1 aliphatic rings. The number of carbonyl (C=O) groups is 1. The maximum absolute atomic E-state index is 13.3. The molecular formula is C26H29N3O5. The maximum Gasteiger partial charge on any atom is 0.272 e. The predicted octanol–water partition coefficient (Wildman–Crippen LogP) is 3.68. The van der Waals surface area contributed by atoms with Gasteiger partial charge in [0.2, 0.25) is 0 Å². The van der Waals surface area contributed by atoms with Crippen LogP contribution in [0.3, 0.4) is 0 Å². The van der Waals surface area contributed by atoms with Crippen molar-refractivity contribution in [3.63, 3.8) is 0 Å². The molecule has 0 saturated heterocycles. The molecule has 0 fully saturated rings. The average Bonchev–Trinajstić information content (AvgIpc) is 2.88. The third-order valence-corrected chi connectivity index (χ3v) is 6.20. The van der Waals surface area contributed by atoms with Gasteiger partial charge in [-0.3, -0.25) is 9.59 Å². The average molecular weight is 464 g/mol. The van der Waals surface area contributed by atoms with Crippen LogP contribution in [0.25, 0.3) is 16.6 Å². The monoisotopic (exact) mass is 463 g/mol. The van der Waals surface area contributed by atoms with Crippen LogP contribution in [0.4, 0.5) is 0 Å². The molecule has 2 heterocycles. The Bertz CT molecular complexity index is 1320. The van der Waals surface area contributed by atoms with Crippen LogP contribution in [0.5, 0.6) is 17.2 Å².